The second kappa shape index (κ2) is 15.2. The van der Waals surface area contributed by atoms with Crippen LogP contribution in [-0.2, 0) is 39.9 Å². The largest absolute Gasteiger partial charge is 0.309 e. The highest BCUT2D eigenvalue weighted by molar-refractivity contribution is 5.97. The van der Waals surface area contributed by atoms with Crippen LogP contribution in [0.5, 0.6) is 0 Å². The maximum Gasteiger partial charge on any atom is 0.0714 e. The Bertz CT molecular complexity index is 2920. The minimum absolute atomic E-state index is 0.0482. The summed E-state index contributed by atoms with van der Waals surface area (Å²) in [6.45, 7) is 24.6. The van der Waals surface area contributed by atoms with Crippen molar-refractivity contribution in [3.8, 4) is 22.3 Å². The van der Waals surface area contributed by atoms with E-state index < -0.39 is 5.41 Å². The van der Waals surface area contributed by atoms with Crippen molar-refractivity contribution in [3.63, 3.8) is 0 Å². The van der Waals surface area contributed by atoms with E-state index in [2.05, 4.69) is 214 Å². The van der Waals surface area contributed by atoms with Gasteiger partial charge in [0.2, 0.25) is 0 Å². The van der Waals surface area contributed by atoms with Gasteiger partial charge < -0.3 is 4.90 Å². The highest BCUT2D eigenvalue weighted by atomic mass is 15.2. The number of nitrogens with zero attached hydrogens (tertiary/aromatic N) is 1. The Morgan fingerprint density at radius 2 is 0.818 bits per heavy atom. The Morgan fingerprint density at radius 1 is 0.364 bits per heavy atom. The molecule has 0 saturated heterocycles. The molecule has 1 nitrogen and oxygen atoms in total. The minimum Gasteiger partial charge on any atom is -0.309 e. The SMILES string of the molecule is Cc1cc2c(cc1N(c1cc3c(cc1C)C(C)(C)CCC3(C)C)c1cc3c(cc1-c1ccc4c(c1)CCCC4)-c1ccccc1C3(c1ccccc1)c1ccccc1)C(C)(C)CCC2(C)C. The molecule has 11 rings (SSSR count). The summed E-state index contributed by atoms with van der Waals surface area (Å²) in [5.74, 6) is 0. The van der Waals surface area contributed by atoms with Gasteiger partial charge in [-0.3, -0.25) is 0 Å². The molecule has 0 amide bonds. The summed E-state index contributed by atoms with van der Waals surface area (Å²) in [5.41, 5.74) is 25.8. The lowest BCUT2D eigenvalue weighted by Crippen LogP contribution is -2.35. The fourth-order valence-corrected chi connectivity index (χ4v) is 13.1. The first kappa shape index (κ1) is 42.9. The quantitative estimate of drug-likeness (QED) is 0.161. The topological polar surface area (TPSA) is 3.24 Å². The number of fused-ring (bicyclic) bond motifs is 6. The van der Waals surface area contributed by atoms with Crippen LogP contribution in [0.15, 0.2) is 140 Å². The fraction of sp³-hybridized carbons (Fsp3) is 0.354. The van der Waals surface area contributed by atoms with E-state index in [0.29, 0.717) is 0 Å². The third-order valence-corrected chi connectivity index (χ3v) is 17.3. The van der Waals surface area contributed by atoms with Crippen molar-refractivity contribution in [2.24, 2.45) is 0 Å². The van der Waals surface area contributed by atoms with E-state index in [4.69, 9.17) is 0 Å². The molecular weight excluding hydrogens is 795 g/mol. The van der Waals surface area contributed by atoms with Crippen molar-refractivity contribution < 1.29 is 0 Å². The van der Waals surface area contributed by atoms with Gasteiger partial charge in [-0.1, -0.05) is 171 Å². The maximum absolute atomic E-state index is 2.75. The lowest BCUT2D eigenvalue weighted by molar-refractivity contribution is 0.331. The van der Waals surface area contributed by atoms with E-state index in [1.54, 1.807) is 0 Å². The molecule has 0 radical (unpaired) electrons. The molecule has 7 aromatic rings. The van der Waals surface area contributed by atoms with Crippen molar-refractivity contribution in [1.29, 1.82) is 0 Å². The number of rotatable bonds is 6. The minimum atomic E-state index is -0.531. The van der Waals surface area contributed by atoms with Crippen LogP contribution in [-0.4, -0.2) is 0 Å². The zero-order chi connectivity index (χ0) is 46.0. The Labute approximate surface area is 396 Å². The molecule has 0 spiro atoms. The smallest absolute Gasteiger partial charge is 0.0714 e. The third kappa shape index (κ3) is 6.53. The lowest BCUT2D eigenvalue weighted by atomic mass is 9.62. The number of hydrogen-bond donors (Lipinski definition) is 0. The van der Waals surface area contributed by atoms with Gasteiger partial charge in [-0.25, -0.2) is 0 Å². The van der Waals surface area contributed by atoms with Crippen LogP contribution in [0, 0.1) is 13.8 Å². The molecule has 0 N–H and O–H groups in total. The summed E-state index contributed by atoms with van der Waals surface area (Å²) in [7, 11) is 0. The van der Waals surface area contributed by atoms with Gasteiger partial charge in [-0.15, -0.1) is 0 Å². The average molecular weight is 864 g/mol. The summed E-state index contributed by atoms with van der Waals surface area (Å²) in [6, 6.07) is 55.2. The highest BCUT2D eigenvalue weighted by Crippen LogP contribution is 2.60. The van der Waals surface area contributed by atoms with E-state index in [9.17, 15) is 0 Å². The molecule has 0 unspecified atom stereocenters. The zero-order valence-corrected chi connectivity index (χ0v) is 41.4. The van der Waals surface area contributed by atoms with Crippen LogP contribution in [0.4, 0.5) is 17.1 Å². The Morgan fingerprint density at radius 3 is 1.35 bits per heavy atom. The maximum atomic E-state index is 2.75. The molecule has 4 aliphatic rings. The normalized spacial score (nSPS) is 18.9. The molecular formula is C65H69N. The first-order valence-electron chi connectivity index (χ1n) is 25.1. The van der Waals surface area contributed by atoms with Crippen LogP contribution in [0.1, 0.15) is 161 Å². The number of benzene rings is 7. The second-order valence-electron chi connectivity index (χ2n) is 23.4. The molecule has 4 aliphatic carbocycles. The Balaban J connectivity index is 1.31. The van der Waals surface area contributed by atoms with Crippen molar-refractivity contribution in [3.05, 3.63) is 206 Å². The van der Waals surface area contributed by atoms with Gasteiger partial charge in [0.1, 0.15) is 0 Å². The molecule has 66 heavy (non-hydrogen) atoms. The molecule has 0 atom stereocenters. The number of hydrogen-bond acceptors (Lipinski definition) is 1. The molecule has 1 heteroatoms. The Kier molecular flexibility index (Phi) is 9.88. The number of anilines is 3. The van der Waals surface area contributed by atoms with Gasteiger partial charge in [-0.2, -0.15) is 0 Å². The van der Waals surface area contributed by atoms with Crippen LogP contribution < -0.4 is 4.90 Å². The van der Waals surface area contributed by atoms with Gasteiger partial charge in [0.15, 0.2) is 0 Å². The Hall–Kier alpha value is -5.66. The second-order valence-corrected chi connectivity index (χ2v) is 23.4. The molecule has 0 heterocycles. The van der Waals surface area contributed by atoms with Crippen LogP contribution in [0.3, 0.4) is 0 Å². The van der Waals surface area contributed by atoms with Crippen molar-refractivity contribution in [2.75, 3.05) is 4.90 Å². The van der Waals surface area contributed by atoms with Crippen LogP contribution >= 0.6 is 0 Å². The van der Waals surface area contributed by atoms with Crippen molar-refractivity contribution in [2.45, 2.75) is 148 Å². The third-order valence-electron chi connectivity index (χ3n) is 17.3. The predicted molar refractivity (Wildman–Crippen MR) is 281 cm³/mol. The monoisotopic (exact) mass is 864 g/mol. The van der Waals surface area contributed by atoms with Crippen molar-refractivity contribution in [1.82, 2.24) is 0 Å². The molecule has 0 bridgehead atoms. The first-order valence-corrected chi connectivity index (χ1v) is 25.1. The summed E-state index contributed by atoms with van der Waals surface area (Å²) >= 11 is 0. The predicted octanol–water partition coefficient (Wildman–Crippen LogP) is 17.4. The summed E-state index contributed by atoms with van der Waals surface area (Å²) in [6.07, 6.45) is 9.57. The van der Waals surface area contributed by atoms with Gasteiger partial charge in [-0.05, 0) is 195 Å². The van der Waals surface area contributed by atoms with Crippen LogP contribution in [0.25, 0.3) is 22.3 Å². The van der Waals surface area contributed by atoms with E-state index >= 15 is 0 Å². The molecule has 0 aromatic heterocycles. The van der Waals surface area contributed by atoms with E-state index in [-0.39, 0.29) is 21.7 Å². The van der Waals surface area contributed by atoms with Gasteiger partial charge >= 0.3 is 0 Å². The molecule has 0 fully saturated rings. The van der Waals surface area contributed by atoms with E-state index in [1.165, 1.54) is 151 Å². The standard InChI is InChI=1S/C65H69N/c1-42-35-54-56(63(7,8)33-31-61(54,3)4)40-58(42)66(59-41-57-55(36-43(59)2)62(5,6)32-34-64(57,9)10)60-39-53-51(38-50(60)46-30-29-44-21-17-18-22-45(44)37-46)49-27-19-20-28-52(49)65(53,47-23-13-11-14-24-47)48-25-15-12-16-26-48/h11-16,19-20,23-30,35-41H,17-18,21-22,31-34H2,1-10H3. The zero-order valence-electron chi connectivity index (χ0n) is 41.4. The van der Waals surface area contributed by atoms with Crippen LogP contribution in [0.2, 0.25) is 0 Å². The van der Waals surface area contributed by atoms with Gasteiger partial charge in [0.25, 0.3) is 0 Å². The first-order chi connectivity index (χ1) is 31.5. The van der Waals surface area contributed by atoms with Gasteiger partial charge in [0, 0.05) is 16.9 Å². The summed E-state index contributed by atoms with van der Waals surface area (Å²) in [4.78, 5) is 2.75. The van der Waals surface area contributed by atoms with Crippen molar-refractivity contribution >= 4 is 17.1 Å². The van der Waals surface area contributed by atoms with E-state index in [0.717, 1.165) is 6.42 Å². The molecule has 7 aromatic carbocycles. The summed E-state index contributed by atoms with van der Waals surface area (Å²) in [5, 5.41) is 0. The lowest BCUT2D eigenvalue weighted by Gasteiger charge is -2.44. The summed E-state index contributed by atoms with van der Waals surface area (Å²) < 4.78 is 0. The fourth-order valence-electron chi connectivity index (χ4n) is 13.1. The number of aryl methyl sites for hydroxylation is 4. The van der Waals surface area contributed by atoms with E-state index in [1.807, 2.05) is 0 Å². The molecule has 0 aliphatic heterocycles. The average Bonchev–Trinajstić information content (AvgIpc) is 3.60. The van der Waals surface area contributed by atoms with Gasteiger partial charge in [0.05, 0.1) is 11.1 Å². The highest BCUT2D eigenvalue weighted by Gasteiger charge is 2.48. The molecule has 334 valence electrons. The molecule has 0 saturated carbocycles.